The molecule has 3 rings (SSSR count). The summed E-state index contributed by atoms with van der Waals surface area (Å²) in [5, 5.41) is 2.70. The van der Waals surface area contributed by atoms with E-state index in [9.17, 15) is 17.6 Å². The first kappa shape index (κ1) is 21.2. The number of amides is 1. The number of halogens is 1. The third kappa shape index (κ3) is 5.72. The Hall–Kier alpha value is -2.55. The highest BCUT2D eigenvalue weighted by atomic mass is 32.2. The van der Waals surface area contributed by atoms with Crippen molar-refractivity contribution in [1.29, 1.82) is 0 Å². The van der Waals surface area contributed by atoms with Crippen LogP contribution in [-0.2, 0) is 26.0 Å². The summed E-state index contributed by atoms with van der Waals surface area (Å²) in [4.78, 5) is 12.1. The van der Waals surface area contributed by atoms with E-state index in [1.807, 2.05) is 0 Å². The van der Waals surface area contributed by atoms with Crippen LogP contribution in [0, 0.1) is 5.82 Å². The number of nitrogens with zero attached hydrogens (tertiary/aromatic N) is 1. The molecule has 1 aliphatic rings. The van der Waals surface area contributed by atoms with Crippen LogP contribution in [0.5, 0.6) is 0 Å². The molecule has 1 amide bonds. The lowest BCUT2D eigenvalue weighted by atomic mass is 10.1. The number of hydrogen-bond acceptors (Lipinski definition) is 4. The predicted octanol–water partition coefficient (Wildman–Crippen LogP) is 2.22. The molecular weight excluding hydrogens is 395 g/mol. The van der Waals surface area contributed by atoms with E-state index in [1.54, 1.807) is 36.4 Å². The van der Waals surface area contributed by atoms with E-state index in [-0.39, 0.29) is 16.6 Å². The summed E-state index contributed by atoms with van der Waals surface area (Å²) in [5.41, 5.74) is 1.25. The molecular formula is C21H23FN2O4S. The number of sulfonamides is 1. The Labute approximate surface area is 170 Å². The maximum absolute atomic E-state index is 13.5. The second kappa shape index (κ2) is 9.78. The van der Waals surface area contributed by atoms with Gasteiger partial charge in [0.2, 0.25) is 15.9 Å². The van der Waals surface area contributed by atoms with Crippen molar-refractivity contribution in [3.05, 3.63) is 71.6 Å². The fraction of sp³-hybridized carbons (Fsp3) is 0.286. The monoisotopic (exact) mass is 418 g/mol. The SMILES string of the molecule is O=C(/C=C/c1ccc(S(=O)(=O)N2CCOCC2)cc1)NCCc1ccccc1F. The summed E-state index contributed by atoms with van der Waals surface area (Å²) in [6, 6.07) is 12.8. The van der Waals surface area contributed by atoms with Crippen molar-refractivity contribution in [3.63, 3.8) is 0 Å². The molecule has 0 aromatic heterocycles. The average molecular weight is 418 g/mol. The molecule has 1 saturated heterocycles. The van der Waals surface area contributed by atoms with Crippen molar-refractivity contribution in [2.24, 2.45) is 0 Å². The van der Waals surface area contributed by atoms with Gasteiger partial charge in [-0.15, -0.1) is 0 Å². The van der Waals surface area contributed by atoms with Gasteiger partial charge < -0.3 is 10.1 Å². The van der Waals surface area contributed by atoms with Crippen molar-refractivity contribution >= 4 is 22.0 Å². The van der Waals surface area contributed by atoms with Gasteiger partial charge in [-0.2, -0.15) is 4.31 Å². The standard InChI is InChI=1S/C21H23FN2O4S/c22-20-4-2-1-3-18(20)11-12-23-21(25)10-7-17-5-8-19(9-6-17)29(26,27)24-13-15-28-16-14-24/h1-10H,11-16H2,(H,23,25)/b10-7+. The molecule has 0 atom stereocenters. The highest BCUT2D eigenvalue weighted by Crippen LogP contribution is 2.18. The number of rotatable bonds is 7. The molecule has 0 spiro atoms. The summed E-state index contributed by atoms with van der Waals surface area (Å²) in [6.45, 7) is 1.80. The number of carbonyl (C=O) groups excluding carboxylic acids is 1. The Bertz CT molecular complexity index is 968. The van der Waals surface area contributed by atoms with Crippen molar-refractivity contribution < 1.29 is 22.3 Å². The van der Waals surface area contributed by atoms with Crippen molar-refractivity contribution in [3.8, 4) is 0 Å². The summed E-state index contributed by atoms with van der Waals surface area (Å²) >= 11 is 0. The van der Waals surface area contributed by atoms with Crippen LogP contribution in [0.1, 0.15) is 11.1 Å². The van der Waals surface area contributed by atoms with E-state index in [0.717, 1.165) is 0 Å². The van der Waals surface area contributed by atoms with E-state index in [4.69, 9.17) is 4.74 Å². The lowest BCUT2D eigenvalue weighted by Crippen LogP contribution is -2.40. The molecule has 2 aromatic rings. The van der Waals surface area contributed by atoms with E-state index < -0.39 is 10.0 Å². The first-order chi connectivity index (χ1) is 14.0. The van der Waals surface area contributed by atoms with Gasteiger partial charge in [0.05, 0.1) is 18.1 Å². The molecule has 2 aromatic carbocycles. The van der Waals surface area contributed by atoms with Gasteiger partial charge in [-0.05, 0) is 41.8 Å². The number of carbonyl (C=O) groups is 1. The minimum atomic E-state index is -3.53. The fourth-order valence-electron chi connectivity index (χ4n) is 2.94. The van der Waals surface area contributed by atoms with Crippen LogP contribution in [0.2, 0.25) is 0 Å². The van der Waals surface area contributed by atoms with Gasteiger partial charge in [0.15, 0.2) is 0 Å². The quantitative estimate of drug-likeness (QED) is 0.700. The molecule has 0 saturated carbocycles. The fourth-order valence-corrected chi connectivity index (χ4v) is 4.35. The number of nitrogens with one attached hydrogen (secondary N) is 1. The number of morpholine rings is 1. The van der Waals surface area contributed by atoms with Gasteiger partial charge in [0.1, 0.15) is 5.82 Å². The van der Waals surface area contributed by atoms with Crippen LogP contribution in [0.4, 0.5) is 4.39 Å². The third-order valence-corrected chi connectivity index (χ3v) is 6.48. The van der Waals surface area contributed by atoms with Gasteiger partial charge in [-0.25, -0.2) is 12.8 Å². The van der Waals surface area contributed by atoms with Gasteiger partial charge in [0, 0.05) is 25.7 Å². The van der Waals surface area contributed by atoms with Crippen LogP contribution in [0.3, 0.4) is 0 Å². The molecule has 0 unspecified atom stereocenters. The molecule has 1 aliphatic heterocycles. The number of benzene rings is 2. The highest BCUT2D eigenvalue weighted by molar-refractivity contribution is 7.89. The Morgan fingerprint density at radius 1 is 1.10 bits per heavy atom. The molecule has 1 N–H and O–H groups in total. The zero-order valence-corrected chi connectivity index (χ0v) is 16.7. The molecule has 0 bridgehead atoms. The smallest absolute Gasteiger partial charge is 0.244 e. The zero-order valence-electron chi connectivity index (χ0n) is 15.9. The molecule has 154 valence electrons. The van der Waals surface area contributed by atoms with Crippen LogP contribution < -0.4 is 5.32 Å². The number of ether oxygens (including phenoxy) is 1. The van der Waals surface area contributed by atoms with Crippen molar-refractivity contribution in [2.45, 2.75) is 11.3 Å². The first-order valence-corrected chi connectivity index (χ1v) is 10.8. The molecule has 0 aliphatic carbocycles. The molecule has 6 nitrogen and oxygen atoms in total. The van der Waals surface area contributed by atoms with Gasteiger partial charge >= 0.3 is 0 Å². The van der Waals surface area contributed by atoms with Gasteiger partial charge in [-0.1, -0.05) is 30.3 Å². The van der Waals surface area contributed by atoms with Crippen molar-refractivity contribution in [2.75, 3.05) is 32.8 Å². The van der Waals surface area contributed by atoms with E-state index in [0.29, 0.717) is 50.4 Å². The van der Waals surface area contributed by atoms with E-state index >= 15 is 0 Å². The van der Waals surface area contributed by atoms with Crippen LogP contribution >= 0.6 is 0 Å². The normalized spacial score (nSPS) is 15.5. The van der Waals surface area contributed by atoms with Crippen LogP contribution in [0.25, 0.3) is 6.08 Å². The minimum Gasteiger partial charge on any atom is -0.379 e. The maximum Gasteiger partial charge on any atom is 0.244 e. The van der Waals surface area contributed by atoms with E-state index in [1.165, 1.54) is 28.6 Å². The molecule has 0 radical (unpaired) electrons. The average Bonchev–Trinajstić information content (AvgIpc) is 2.74. The Morgan fingerprint density at radius 2 is 1.79 bits per heavy atom. The summed E-state index contributed by atoms with van der Waals surface area (Å²) in [6.07, 6.45) is 3.37. The maximum atomic E-state index is 13.5. The molecule has 29 heavy (non-hydrogen) atoms. The van der Waals surface area contributed by atoms with Crippen molar-refractivity contribution in [1.82, 2.24) is 9.62 Å². The summed E-state index contributed by atoms with van der Waals surface area (Å²) in [7, 11) is -3.53. The Balaban J connectivity index is 1.53. The lowest BCUT2D eigenvalue weighted by molar-refractivity contribution is -0.116. The Morgan fingerprint density at radius 3 is 2.48 bits per heavy atom. The molecule has 1 fully saturated rings. The Kier molecular flexibility index (Phi) is 7.13. The largest absolute Gasteiger partial charge is 0.379 e. The lowest BCUT2D eigenvalue weighted by Gasteiger charge is -2.26. The minimum absolute atomic E-state index is 0.214. The zero-order chi connectivity index (χ0) is 20.7. The van der Waals surface area contributed by atoms with Gasteiger partial charge in [0.25, 0.3) is 0 Å². The second-order valence-electron chi connectivity index (χ2n) is 6.55. The van der Waals surface area contributed by atoms with Crippen LogP contribution in [0.15, 0.2) is 59.5 Å². The highest BCUT2D eigenvalue weighted by Gasteiger charge is 2.25. The van der Waals surface area contributed by atoms with Gasteiger partial charge in [-0.3, -0.25) is 4.79 Å². The molecule has 8 heteroatoms. The summed E-state index contributed by atoms with van der Waals surface area (Å²) < 4.78 is 45.3. The molecule has 1 heterocycles. The first-order valence-electron chi connectivity index (χ1n) is 9.34. The summed E-state index contributed by atoms with van der Waals surface area (Å²) in [5.74, 6) is -0.587. The second-order valence-corrected chi connectivity index (χ2v) is 8.49. The van der Waals surface area contributed by atoms with E-state index in [2.05, 4.69) is 5.32 Å². The topological polar surface area (TPSA) is 75.7 Å². The van der Waals surface area contributed by atoms with Crippen LogP contribution in [-0.4, -0.2) is 51.5 Å². The number of hydrogen-bond donors (Lipinski definition) is 1. The third-order valence-electron chi connectivity index (χ3n) is 4.57. The predicted molar refractivity (Wildman–Crippen MR) is 108 cm³/mol.